The number of hydrogen-bond donors (Lipinski definition) is 1. The molecular weight excluding hydrogens is 454 g/mol. The number of benzene rings is 3. The van der Waals surface area contributed by atoms with Crippen molar-refractivity contribution >= 4 is 34.1 Å². The predicted molar refractivity (Wildman–Crippen MR) is 142 cm³/mol. The van der Waals surface area contributed by atoms with Crippen LogP contribution in [0.3, 0.4) is 0 Å². The molecule has 4 nitrogen and oxygen atoms in total. The molecule has 1 aliphatic carbocycles. The van der Waals surface area contributed by atoms with E-state index in [0.29, 0.717) is 6.42 Å². The van der Waals surface area contributed by atoms with Crippen molar-refractivity contribution in [3.63, 3.8) is 0 Å². The molecule has 0 bridgehead atoms. The Hall–Kier alpha value is -3.37. The third kappa shape index (κ3) is 3.96. The van der Waals surface area contributed by atoms with Gasteiger partial charge in [-0.2, -0.15) is 0 Å². The maximum absolute atomic E-state index is 12.9. The van der Waals surface area contributed by atoms with Gasteiger partial charge in [0.05, 0.1) is 17.5 Å². The number of anilines is 1. The van der Waals surface area contributed by atoms with Gasteiger partial charge >= 0.3 is 0 Å². The maximum Gasteiger partial charge on any atom is 0.227 e. The number of fused-ring (bicyclic) bond motifs is 1. The monoisotopic (exact) mass is 481 g/mol. The van der Waals surface area contributed by atoms with Gasteiger partial charge in [0.1, 0.15) is 0 Å². The highest BCUT2D eigenvalue weighted by Gasteiger charge is 2.61. The number of amides is 1. The topological polar surface area (TPSA) is 45.2 Å². The molecule has 0 atom stereocenters. The molecule has 1 N–H and O–H groups in total. The Balaban J connectivity index is 1.23. The van der Waals surface area contributed by atoms with Crippen LogP contribution in [0.15, 0.2) is 85.1 Å². The van der Waals surface area contributed by atoms with Crippen molar-refractivity contribution in [3.8, 4) is 0 Å². The molecule has 1 aliphatic heterocycles. The standard InChI is InChI=1S/C30H28ClN3O/c1-21-25(10-5-11-26(21)31)30(33-24-13-12-23-9-6-14-32-27(23)16-24)17-29(18-30)19-34(20-29)28(35)15-22-7-3-2-4-8-22/h2-14,16,33H,15,17-20H2,1H3. The molecule has 2 aliphatic rings. The molecule has 35 heavy (non-hydrogen) atoms. The fourth-order valence-electron chi connectivity index (χ4n) is 6.17. The van der Waals surface area contributed by atoms with Crippen molar-refractivity contribution in [2.75, 3.05) is 18.4 Å². The lowest BCUT2D eigenvalue weighted by atomic mass is 9.51. The van der Waals surface area contributed by atoms with Gasteiger partial charge in [0.2, 0.25) is 5.91 Å². The van der Waals surface area contributed by atoms with E-state index in [2.05, 4.69) is 47.6 Å². The van der Waals surface area contributed by atoms with Crippen molar-refractivity contribution in [2.24, 2.45) is 5.41 Å². The first-order valence-corrected chi connectivity index (χ1v) is 12.5. The fourth-order valence-corrected chi connectivity index (χ4v) is 6.34. The molecule has 1 aromatic heterocycles. The molecule has 1 amide bonds. The van der Waals surface area contributed by atoms with Crippen molar-refractivity contribution in [2.45, 2.75) is 31.7 Å². The number of pyridine rings is 1. The van der Waals surface area contributed by atoms with Crippen molar-refractivity contribution in [1.29, 1.82) is 0 Å². The Morgan fingerprint density at radius 3 is 2.60 bits per heavy atom. The van der Waals surface area contributed by atoms with Gasteiger partial charge in [0.15, 0.2) is 0 Å². The lowest BCUT2D eigenvalue weighted by Gasteiger charge is -2.65. The quantitative estimate of drug-likeness (QED) is 0.360. The van der Waals surface area contributed by atoms with E-state index in [1.54, 1.807) is 0 Å². The van der Waals surface area contributed by atoms with Gasteiger partial charge in [-0.25, -0.2) is 0 Å². The van der Waals surface area contributed by atoms with E-state index in [0.717, 1.165) is 58.7 Å². The summed E-state index contributed by atoms with van der Waals surface area (Å²) < 4.78 is 0. The van der Waals surface area contributed by atoms with Crippen LogP contribution in [0.25, 0.3) is 10.9 Å². The zero-order chi connectivity index (χ0) is 24.0. The van der Waals surface area contributed by atoms with Gasteiger partial charge in [-0.1, -0.05) is 66.2 Å². The van der Waals surface area contributed by atoms with Crippen LogP contribution in [-0.4, -0.2) is 28.9 Å². The Labute approximate surface area is 210 Å². The van der Waals surface area contributed by atoms with E-state index in [4.69, 9.17) is 11.6 Å². The second kappa shape index (κ2) is 8.39. The molecule has 2 heterocycles. The largest absolute Gasteiger partial charge is 0.375 e. The van der Waals surface area contributed by atoms with Gasteiger partial charge in [-0.05, 0) is 60.7 Å². The molecule has 6 rings (SSSR count). The summed E-state index contributed by atoms with van der Waals surface area (Å²) in [4.78, 5) is 19.4. The summed E-state index contributed by atoms with van der Waals surface area (Å²) in [7, 11) is 0. The van der Waals surface area contributed by atoms with Gasteiger partial charge in [0.25, 0.3) is 0 Å². The number of carbonyl (C=O) groups is 1. The van der Waals surface area contributed by atoms with Crippen LogP contribution in [0, 0.1) is 12.3 Å². The Bertz CT molecular complexity index is 1400. The van der Waals surface area contributed by atoms with Gasteiger partial charge in [-0.15, -0.1) is 0 Å². The minimum absolute atomic E-state index is 0.156. The first-order valence-electron chi connectivity index (χ1n) is 12.2. The molecule has 1 saturated carbocycles. The summed E-state index contributed by atoms with van der Waals surface area (Å²) in [6.07, 6.45) is 4.24. The molecule has 4 aromatic rings. The van der Waals surface area contributed by atoms with Crippen LogP contribution in [0.1, 0.15) is 29.5 Å². The maximum atomic E-state index is 12.9. The number of aromatic nitrogens is 1. The molecular formula is C30H28ClN3O. The zero-order valence-corrected chi connectivity index (χ0v) is 20.6. The minimum atomic E-state index is -0.216. The highest BCUT2D eigenvalue weighted by Crippen LogP contribution is 2.60. The van der Waals surface area contributed by atoms with Crippen LogP contribution < -0.4 is 5.32 Å². The SMILES string of the molecule is Cc1c(Cl)cccc1C1(Nc2ccc3cccnc3c2)CC2(CN(C(=O)Cc3ccccc3)C2)C1. The average molecular weight is 482 g/mol. The Kier molecular flexibility index (Phi) is 5.30. The van der Waals surface area contributed by atoms with Crippen molar-refractivity contribution in [3.05, 3.63) is 107 Å². The molecule has 5 heteroatoms. The average Bonchev–Trinajstić information content (AvgIpc) is 2.82. The summed E-state index contributed by atoms with van der Waals surface area (Å²) >= 11 is 6.55. The third-order valence-electron chi connectivity index (χ3n) is 7.73. The smallest absolute Gasteiger partial charge is 0.227 e. The van der Waals surface area contributed by atoms with E-state index in [9.17, 15) is 4.79 Å². The first kappa shape index (κ1) is 22.1. The third-order valence-corrected chi connectivity index (χ3v) is 8.14. The lowest BCUT2D eigenvalue weighted by Crippen LogP contribution is -2.69. The summed E-state index contributed by atoms with van der Waals surface area (Å²) in [5.41, 5.74) is 5.41. The van der Waals surface area contributed by atoms with E-state index in [1.165, 1.54) is 5.56 Å². The van der Waals surface area contributed by atoms with Gasteiger partial charge < -0.3 is 10.2 Å². The highest BCUT2D eigenvalue weighted by atomic mass is 35.5. The van der Waals surface area contributed by atoms with Crippen molar-refractivity contribution < 1.29 is 4.79 Å². The number of hydrogen-bond acceptors (Lipinski definition) is 3. The van der Waals surface area contributed by atoms with Crippen LogP contribution in [-0.2, 0) is 16.8 Å². The zero-order valence-electron chi connectivity index (χ0n) is 19.8. The Morgan fingerprint density at radius 1 is 1.00 bits per heavy atom. The molecule has 1 spiro atoms. The van der Waals surface area contributed by atoms with E-state index < -0.39 is 0 Å². The van der Waals surface area contributed by atoms with Crippen LogP contribution in [0.4, 0.5) is 5.69 Å². The summed E-state index contributed by atoms with van der Waals surface area (Å²) in [5.74, 6) is 0.215. The molecule has 2 fully saturated rings. The fraction of sp³-hybridized carbons (Fsp3) is 0.267. The molecule has 0 radical (unpaired) electrons. The summed E-state index contributed by atoms with van der Waals surface area (Å²) in [6.45, 7) is 3.74. The van der Waals surface area contributed by atoms with Crippen LogP contribution in [0.2, 0.25) is 5.02 Å². The number of likely N-dealkylation sites (tertiary alicyclic amines) is 1. The minimum Gasteiger partial charge on any atom is -0.375 e. The first-order chi connectivity index (χ1) is 17.0. The normalized spacial score (nSPS) is 17.6. The van der Waals surface area contributed by atoms with Crippen LogP contribution >= 0.6 is 11.6 Å². The molecule has 0 unspecified atom stereocenters. The molecule has 3 aromatic carbocycles. The highest BCUT2D eigenvalue weighted by molar-refractivity contribution is 6.31. The number of nitrogens with zero attached hydrogens (tertiary/aromatic N) is 2. The van der Waals surface area contributed by atoms with Crippen LogP contribution in [0.5, 0.6) is 0 Å². The summed E-state index contributed by atoms with van der Waals surface area (Å²) in [6, 6.07) is 26.6. The second-order valence-electron chi connectivity index (χ2n) is 10.3. The van der Waals surface area contributed by atoms with Gasteiger partial charge in [-0.3, -0.25) is 9.78 Å². The number of nitrogens with one attached hydrogen (secondary N) is 1. The van der Waals surface area contributed by atoms with E-state index >= 15 is 0 Å². The Morgan fingerprint density at radius 2 is 1.80 bits per heavy atom. The van der Waals surface area contributed by atoms with Crippen molar-refractivity contribution in [1.82, 2.24) is 9.88 Å². The number of rotatable bonds is 5. The number of carbonyl (C=O) groups excluding carboxylic acids is 1. The predicted octanol–water partition coefficient (Wildman–Crippen LogP) is 6.37. The van der Waals surface area contributed by atoms with Gasteiger partial charge in [0, 0.05) is 40.8 Å². The molecule has 176 valence electrons. The second-order valence-corrected chi connectivity index (χ2v) is 10.7. The lowest BCUT2D eigenvalue weighted by molar-refractivity contribution is -0.155. The van der Waals surface area contributed by atoms with E-state index in [1.807, 2.05) is 59.6 Å². The summed E-state index contributed by atoms with van der Waals surface area (Å²) in [5, 5.41) is 5.79. The number of halogens is 1. The van der Waals surface area contributed by atoms with E-state index in [-0.39, 0.29) is 16.9 Å². The molecule has 1 saturated heterocycles.